The van der Waals surface area contributed by atoms with Gasteiger partial charge in [0.1, 0.15) is 11.5 Å². The van der Waals surface area contributed by atoms with Crippen LogP contribution in [0.25, 0.3) is 0 Å². The van der Waals surface area contributed by atoms with Crippen molar-refractivity contribution in [1.29, 1.82) is 0 Å². The summed E-state index contributed by atoms with van der Waals surface area (Å²) < 4.78 is 5.08. The second-order valence-electron chi connectivity index (χ2n) is 4.87. The molecule has 0 bridgehead atoms. The number of phenolic OH excluding ortho intramolecular Hbond substituents is 1. The zero-order valence-corrected chi connectivity index (χ0v) is 13.4. The maximum Gasteiger partial charge on any atom is 0.123 e. The summed E-state index contributed by atoms with van der Waals surface area (Å²) in [5.74, 6) is 0.920. The summed E-state index contributed by atoms with van der Waals surface area (Å²) in [7, 11) is 1.59. The Balaban J connectivity index is 1.98. The molecule has 2 rings (SSSR count). The van der Waals surface area contributed by atoms with Gasteiger partial charge in [0.05, 0.1) is 7.11 Å². The van der Waals surface area contributed by atoms with Crippen molar-refractivity contribution < 1.29 is 9.84 Å². The number of methoxy groups -OCH3 is 1. The highest BCUT2D eigenvalue weighted by Gasteiger charge is 2.07. The predicted octanol–water partition coefficient (Wildman–Crippen LogP) is 3.97. The van der Waals surface area contributed by atoms with Crippen molar-refractivity contribution in [3.8, 4) is 11.5 Å². The van der Waals surface area contributed by atoms with Crippen LogP contribution in [0.15, 0.2) is 47.4 Å². The predicted molar refractivity (Wildman–Crippen MR) is 88.1 cm³/mol. The largest absolute Gasteiger partial charge is 0.507 e. The second kappa shape index (κ2) is 7.38. The number of nitrogens with one attached hydrogen (secondary N) is 1. The van der Waals surface area contributed by atoms with Crippen molar-refractivity contribution in [2.45, 2.75) is 24.4 Å². The van der Waals surface area contributed by atoms with Crippen LogP contribution in [-0.2, 0) is 6.54 Å². The fourth-order valence-electron chi connectivity index (χ4n) is 2.09. The monoisotopic (exact) mass is 303 g/mol. The molecule has 0 fully saturated rings. The molecule has 0 saturated heterocycles. The van der Waals surface area contributed by atoms with Crippen LogP contribution in [0.4, 0.5) is 0 Å². The first kappa shape index (κ1) is 15.7. The van der Waals surface area contributed by atoms with Crippen LogP contribution in [-0.4, -0.2) is 18.5 Å². The van der Waals surface area contributed by atoms with Gasteiger partial charge in [0.25, 0.3) is 0 Å². The number of benzene rings is 2. The van der Waals surface area contributed by atoms with Gasteiger partial charge >= 0.3 is 0 Å². The lowest BCUT2D eigenvalue weighted by Gasteiger charge is -2.15. The zero-order valence-electron chi connectivity index (χ0n) is 12.6. The van der Waals surface area contributed by atoms with Crippen molar-refractivity contribution in [3.05, 3.63) is 53.6 Å². The molecule has 4 heteroatoms. The number of hydrogen-bond donors (Lipinski definition) is 2. The topological polar surface area (TPSA) is 41.5 Å². The molecule has 1 unspecified atom stereocenters. The van der Waals surface area contributed by atoms with Crippen molar-refractivity contribution in [3.63, 3.8) is 0 Å². The second-order valence-corrected chi connectivity index (χ2v) is 5.75. The molecule has 0 heterocycles. The minimum absolute atomic E-state index is 0.224. The minimum atomic E-state index is 0.224. The molecule has 0 aliphatic rings. The molecule has 0 amide bonds. The molecule has 0 aromatic heterocycles. The summed E-state index contributed by atoms with van der Waals surface area (Å²) in [5, 5.41) is 13.4. The van der Waals surface area contributed by atoms with Gasteiger partial charge in [-0.3, -0.25) is 0 Å². The quantitative estimate of drug-likeness (QED) is 0.792. The number of rotatable bonds is 6. The first-order valence-corrected chi connectivity index (χ1v) is 8.09. The van der Waals surface area contributed by atoms with Gasteiger partial charge in [-0.2, -0.15) is 0 Å². The number of thioether (sulfide) groups is 1. The summed E-state index contributed by atoms with van der Waals surface area (Å²) >= 11 is 1.74. The van der Waals surface area contributed by atoms with Gasteiger partial charge in [0.15, 0.2) is 0 Å². The highest BCUT2D eigenvalue weighted by atomic mass is 32.2. The SMILES string of the molecule is COc1ccc(CNC(C)c2ccc(SC)cc2)c(O)c1. The van der Waals surface area contributed by atoms with E-state index in [-0.39, 0.29) is 11.8 Å². The molecule has 0 saturated carbocycles. The van der Waals surface area contributed by atoms with Gasteiger partial charge < -0.3 is 15.2 Å². The van der Waals surface area contributed by atoms with E-state index in [1.807, 2.05) is 12.1 Å². The van der Waals surface area contributed by atoms with Gasteiger partial charge in [-0.15, -0.1) is 11.8 Å². The summed E-state index contributed by atoms with van der Waals surface area (Å²) in [6.45, 7) is 2.73. The van der Waals surface area contributed by atoms with Crippen LogP contribution in [0.1, 0.15) is 24.1 Å². The zero-order chi connectivity index (χ0) is 15.2. The maximum atomic E-state index is 9.95. The van der Waals surface area contributed by atoms with E-state index in [2.05, 4.69) is 42.8 Å². The Morgan fingerprint density at radius 1 is 1.19 bits per heavy atom. The molecule has 2 aromatic carbocycles. The summed E-state index contributed by atoms with van der Waals surface area (Å²) in [4.78, 5) is 1.26. The van der Waals surface area contributed by atoms with Crippen LogP contribution in [0.2, 0.25) is 0 Å². The lowest BCUT2D eigenvalue weighted by atomic mass is 10.1. The first-order valence-electron chi connectivity index (χ1n) is 6.87. The third-order valence-corrected chi connectivity index (χ3v) is 4.25. The average molecular weight is 303 g/mol. The van der Waals surface area contributed by atoms with Crippen molar-refractivity contribution in [2.24, 2.45) is 0 Å². The Bertz CT molecular complexity index is 584. The third-order valence-electron chi connectivity index (χ3n) is 3.51. The standard InChI is InChI=1S/C17H21NO2S/c1-12(13-5-8-16(21-3)9-6-13)18-11-14-4-7-15(20-2)10-17(14)19/h4-10,12,18-19H,11H2,1-3H3. The molecule has 21 heavy (non-hydrogen) atoms. The Morgan fingerprint density at radius 3 is 2.48 bits per heavy atom. The lowest BCUT2D eigenvalue weighted by Crippen LogP contribution is -2.18. The molecule has 0 spiro atoms. The highest BCUT2D eigenvalue weighted by Crippen LogP contribution is 2.24. The van der Waals surface area contributed by atoms with Gasteiger partial charge in [-0.1, -0.05) is 18.2 Å². The average Bonchev–Trinajstić information content (AvgIpc) is 2.53. The number of hydrogen-bond acceptors (Lipinski definition) is 4. The molecule has 112 valence electrons. The van der Waals surface area contributed by atoms with Crippen LogP contribution in [0, 0.1) is 0 Å². The van der Waals surface area contributed by atoms with E-state index in [9.17, 15) is 5.11 Å². The molecule has 0 aliphatic carbocycles. The summed E-state index contributed by atoms with van der Waals surface area (Å²) in [6, 6.07) is 14.1. The Hall–Kier alpha value is -1.65. The fourth-order valence-corrected chi connectivity index (χ4v) is 2.50. The minimum Gasteiger partial charge on any atom is -0.507 e. The van der Waals surface area contributed by atoms with E-state index in [0.717, 1.165) is 5.56 Å². The maximum absolute atomic E-state index is 9.95. The van der Waals surface area contributed by atoms with Crippen molar-refractivity contribution in [1.82, 2.24) is 5.32 Å². The number of ether oxygens (including phenoxy) is 1. The molecule has 0 radical (unpaired) electrons. The van der Waals surface area contributed by atoms with Gasteiger partial charge in [-0.05, 0) is 36.9 Å². The Labute approximate surface area is 130 Å². The van der Waals surface area contributed by atoms with Crippen molar-refractivity contribution in [2.75, 3.05) is 13.4 Å². The van der Waals surface area contributed by atoms with E-state index in [4.69, 9.17) is 4.74 Å². The molecular weight excluding hydrogens is 282 g/mol. The van der Waals surface area contributed by atoms with Gasteiger partial charge in [-0.25, -0.2) is 0 Å². The molecule has 2 N–H and O–H groups in total. The fraction of sp³-hybridized carbons (Fsp3) is 0.294. The smallest absolute Gasteiger partial charge is 0.123 e. The molecular formula is C17H21NO2S. The Morgan fingerprint density at radius 2 is 1.90 bits per heavy atom. The first-order chi connectivity index (χ1) is 10.1. The van der Waals surface area contributed by atoms with Crippen LogP contribution >= 0.6 is 11.8 Å². The molecule has 0 aliphatic heterocycles. The van der Waals surface area contributed by atoms with E-state index in [1.165, 1.54) is 10.5 Å². The van der Waals surface area contributed by atoms with Crippen LogP contribution in [0.3, 0.4) is 0 Å². The highest BCUT2D eigenvalue weighted by molar-refractivity contribution is 7.98. The van der Waals surface area contributed by atoms with Crippen molar-refractivity contribution >= 4 is 11.8 Å². The van der Waals surface area contributed by atoms with Crippen LogP contribution < -0.4 is 10.1 Å². The van der Waals surface area contributed by atoms with E-state index >= 15 is 0 Å². The number of phenols is 1. The molecule has 3 nitrogen and oxygen atoms in total. The van der Waals surface area contributed by atoms with Gasteiger partial charge in [0, 0.05) is 29.1 Å². The van der Waals surface area contributed by atoms with Gasteiger partial charge in [0.2, 0.25) is 0 Å². The summed E-state index contributed by atoms with van der Waals surface area (Å²) in [6.07, 6.45) is 2.07. The molecule has 2 aromatic rings. The van der Waals surface area contributed by atoms with E-state index in [1.54, 1.807) is 24.9 Å². The normalized spacial score (nSPS) is 12.1. The third kappa shape index (κ3) is 4.16. The lowest BCUT2D eigenvalue weighted by molar-refractivity contribution is 0.405. The molecule has 1 atom stereocenters. The Kier molecular flexibility index (Phi) is 5.53. The van der Waals surface area contributed by atoms with E-state index in [0.29, 0.717) is 12.3 Å². The van der Waals surface area contributed by atoms with E-state index < -0.39 is 0 Å². The number of aromatic hydroxyl groups is 1. The summed E-state index contributed by atoms with van der Waals surface area (Å²) in [5.41, 5.74) is 2.10. The van der Waals surface area contributed by atoms with Crippen LogP contribution in [0.5, 0.6) is 11.5 Å².